The fourth-order valence-electron chi connectivity index (χ4n) is 7.55. The summed E-state index contributed by atoms with van der Waals surface area (Å²) in [5.74, 6) is -1.73. The summed E-state index contributed by atoms with van der Waals surface area (Å²) in [6.07, 6.45) is -0.714. The molecule has 4 atom stereocenters. The molecule has 1 aliphatic carbocycles. The quantitative estimate of drug-likeness (QED) is 0.284. The second kappa shape index (κ2) is 10.6. The number of fused-ring (bicyclic) bond motifs is 5. The van der Waals surface area contributed by atoms with Gasteiger partial charge in [0, 0.05) is 29.0 Å². The number of carbonyl (C=O) groups excluding carboxylic acids is 3. The predicted molar refractivity (Wildman–Crippen MR) is 166 cm³/mol. The molecule has 0 spiro atoms. The van der Waals surface area contributed by atoms with E-state index < -0.39 is 58.7 Å². The van der Waals surface area contributed by atoms with Gasteiger partial charge in [-0.15, -0.1) is 0 Å². The van der Waals surface area contributed by atoms with Crippen LogP contribution in [0.2, 0.25) is 0 Å². The van der Waals surface area contributed by atoms with Crippen LogP contribution in [0.25, 0.3) is 22.3 Å². The molecular weight excluding hydrogens is 611 g/mol. The standard InChI is InChI=1S/C34H37FN4O8/c1-6-34(45)20-10-24-28-18(13-38(24)30(42)19(20)14-46-31(34)43)27-22(8-7-17-15(2)21(35)11-23(36-28)26(17)27)37-29(41)25-9-16(40)12-39(25)32(44)47-33(3,4)5/h10-11,16,22,25,40,45H,6-9,12-14H2,1-5H3,(H,37,41)/t16-,22+,25+,34+/m1/s1. The molecule has 0 radical (unpaired) electrons. The summed E-state index contributed by atoms with van der Waals surface area (Å²) < 4.78 is 27.5. The van der Waals surface area contributed by atoms with Gasteiger partial charge in [-0.1, -0.05) is 6.92 Å². The Balaban J connectivity index is 1.35. The highest BCUT2D eigenvalue weighted by Crippen LogP contribution is 2.46. The predicted octanol–water partition coefficient (Wildman–Crippen LogP) is 3.00. The highest BCUT2D eigenvalue weighted by molar-refractivity contribution is 5.94. The first kappa shape index (κ1) is 31.3. The first-order chi connectivity index (χ1) is 22.1. The molecule has 3 aliphatic heterocycles. The van der Waals surface area contributed by atoms with E-state index in [1.54, 1.807) is 40.7 Å². The van der Waals surface area contributed by atoms with Crippen molar-refractivity contribution in [1.29, 1.82) is 0 Å². The van der Waals surface area contributed by atoms with Crippen LogP contribution in [0.1, 0.15) is 86.4 Å². The number of aliphatic hydroxyl groups excluding tert-OH is 1. The number of ether oxygens (including phenoxy) is 2. The molecule has 0 saturated carbocycles. The van der Waals surface area contributed by atoms with Crippen LogP contribution in [0.3, 0.4) is 0 Å². The number of hydrogen-bond acceptors (Lipinski definition) is 9. The number of β-amino-alcohol motifs (C(OH)–C–C–N with tert-alkyl or cyclic N) is 1. The van der Waals surface area contributed by atoms with Gasteiger partial charge in [0.15, 0.2) is 5.60 Å². The van der Waals surface area contributed by atoms with Gasteiger partial charge in [0.25, 0.3) is 5.56 Å². The zero-order chi connectivity index (χ0) is 33.7. The number of cyclic esters (lactones) is 1. The van der Waals surface area contributed by atoms with Crippen molar-refractivity contribution in [1.82, 2.24) is 19.8 Å². The zero-order valence-corrected chi connectivity index (χ0v) is 26.9. The minimum atomic E-state index is -2.00. The van der Waals surface area contributed by atoms with Crippen LogP contribution in [0.4, 0.5) is 9.18 Å². The molecule has 47 heavy (non-hydrogen) atoms. The van der Waals surface area contributed by atoms with E-state index >= 15 is 4.39 Å². The Morgan fingerprint density at radius 3 is 2.66 bits per heavy atom. The molecule has 3 aromatic rings. The van der Waals surface area contributed by atoms with Gasteiger partial charge in [-0.2, -0.15) is 0 Å². The summed E-state index contributed by atoms with van der Waals surface area (Å²) in [6, 6.07) is 1.38. The number of carbonyl (C=O) groups is 3. The van der Waals surface area contributed by atoms with Crippen LogP contribution in [-0.4, -0.2) is 66.9 Å². The maximum absolute atomic E-state index is 15.2. The number of aromatic nitrogens is 2. The maximum Gasteiger partial charge on any atom is 0.411 e. The second-order valence-corrected chi connectivity index (χ2v) is 13.9. The molecule has 4 aliphatic rings. The second-order valence-electron chi connectivity index (χ2n) is 13.9. The molecule has 1 fully saturated rings. The lowest BCUT2D eigenvalue weighted by Crippen LogP contribution is -2.48. The van der Waals surface area contributed by atoms with Crippen molar-refractivity contribution < 1.29 is 38.5 Å². The summed E-state index contributed by atoms with van der Waals surface area (Å²) in [5, 5.41) is 25.5. The van der Waals surface area contributed by atoms with E-state index in [1.165, 1.54) is 15.5 Å². The molecule has 3 N–H and O–H groups in total. The zero-order valence-electron chi connectivity index (χ0n) is 26.9. The summed E-state index contributed by atoms with van der Waals surface area (Å²) in [7, 11) is 0. The van der Waals surface area contributed by atoms with E-state index in [1.807, 2.05) is 0 Å². The summed E-state index contributed by atoms with van der Waals surface area (Å²) >= 11 is 0. The summed E-state index contributed by atoms with van der Waals surface area (Å²) in [5.41, 5.74) is 0.838. The number of aliphatic hydroxyl groups is 2. The first-order valence-electron chi connectivity index (χ1n) is 15.9. The largest absolute Gasteiger partial charge is 0.458 e. The van der Waals surface area contributed by atoms with Crippen molar-refractivity contribution in [2.45, 2.75) is 103 Å². The Hall–Kier alpha value is -4.36. The Morgan fingerprint density at radius 2 is 1.96 bits per heavy atom. The van der Waals surface area contributed by atoms with Gasteiger partial charge in [0.2, 0.25) is 5.91 Å². The maximum atomic E-state index is 15.2. The van der Waals surface area contributed by atoms with Crippen LogP contribution in [-0.2, 0) is 44.2 Å². The molecule has 13 heteroatoms. The minimum Gasteiger partial charge on any atom is -0.458 e. The molecule has 1 saturated heterocycles. The van der Waals surface area contributed by atoms with E-state index in [-0.39, 0.29) is 43.7 Å². The highest BCUT2D eigenvalue weighted by atomic mass is 19.1. The van der Waals surface area contributed by atoms with E-state index in [2.05, 4.69) is 5.32 Å². The molecule has 1 aromatic carbocycles. The number of likely N-dealkylation sites (tertiary alicyclic amines) is 1. The first-order valence-corrected chi connectivity index (χ1v) is 15.9. The van der Waals surface area contributed by atoms with Crippen molar-refractivity contribution in [3.8, 4) is 11.4 Å². The number of esters is 1. The van der Waals surface area contributed by atoms with E-state index in [0.29, 0.717) is 51.8 Å². The van der Waals surface area contributed by atoms with Gasteiger partial charge in [0.1, 0.15) is 24.1 Å². The SMILES string of the molecule is CC[C@@]1(O)C(=O)OCc2c1cc1n(c2=O)Cc2c-1nc1cc(F)c(C)c3c1c2[C@@H](NC(=O)[C@@H]1C[C@@H](O)CN1C(=O)OC(C)(C)C)CC3. The van der Waals surface area contributed by atoms with Gasteiger partial charge in [0.05, 0.1) is 47.7 Å². The van der Waals surface area contributed by atoms with Crippen molar-refractivity contribution in [3.63, 3.8) is 0 Å². The third-order valence-electron chi connectivity index (χ3n) is 9.90. The van der Waals surface area contributed by atoms with Crippen LogP contribution >= 0.6 is 0 Å². The number of aryl methyl sites for hydroxylation is 1. The highest BCUT2D eigenvalue weighted by Gasteiger charge is 2.46. The number of rotatable bonds is 3. The fourth-order valence-corrected chi connectivity index (χ4v) is 7.55. The van der Waals surface area contributed by atoms with Crippen LogP contribution < -0.4 is 10.9 Å². The van der Waals surface area contributed by atoms with Crippen molar-refractivity contribution >= 4 is 28.9 Å². The Morgan fingerprint density at radius 1 is 1.21 bits per heavy atom. The normalized spacial score (nSPS) is 24.5. The van der Waals surface area contributed by atoms with Crippen molar-refractivity contribution in [3.05, 3.63) is 61.7 Å². The van der Waals surface area contributed by atoms with E-state index in [0.717, 1.165) is 5.56 Å². The smallest absolute Gasteiger partial charge is 0.411 e. The molecule has 5 heterocycles. The Labute approximate surface area is 269 Å². The monoisotopic (exact) mass is 648 g/mol. The average molecular weight is 649 g/mol. The van der Waals surface area contributed by atoms with E-state index in [4.69, 9.17) is 14.5 Å². The molecular formula is C34H37FN4O8. The number of nitrogens with one attached hydrogen (secondary N) is 1. The molecule has 2 amide bonds. The Bertz CT molecular complexity index is 1970. The Kier molecular flexibility index (Phi) is 7.03. The lowest BCUT2D eigenvalue weighted by molar-refractivity contribution is -0.172. The number of hydrogen-bond donors (Lipinski definition) is 3. The van der Waals surface area contributed by atoms with Crippen LogP contribution in [0.5, 0.6) is 0 Å². The number of benzene rings is 1. The topological polar surface area (TPSA) is 160 Å². The van der Waals surface area contributed by atoms with Gasteiger partial charge in [-0.05, 0) is 69.7 Å². The van der Waals surface area contributed by atoms with Crippen molar-refractivity contribution in [2.24, 2.45) is 0 Å². The molecule has 2 aromatic heterocycles. The molecule has 0 bridgehead atoms. The van der Waals surface area contributed by atoms with Gasteiger partial charge >= 0.3 is 12.1 Å². The molecule has 248 valence electrons. The van der Waals surface area contributed by atoms with Gasteiger partial charge in [-0.3, -0.25) is 14.5 Å². The fraction of sp³-hybridized carbons (Fsp3) is 0.500. The molecule has 7 rings (SSSR count). The summed E-state index contributed by atoms with van der Waals surface area (Å²) in [4.78, 5) is 59.5. The van der Waals surface area contributed by atoms with Gasteiger partial charge < -0.3 is 29.6 Å². The van der Waals surface area contributed by atoms with Crippen LogP contribution in [0.15, 0.2) is 16.9 Å². The van der Waals surface area contributed by atoms with Gasteiger partial charge in [-0.25, -0.2) is 19.0 Å². The lowest BCUT2D eigenvalue weighted by atomic mass is 9.81. The number of amides is 2. The number of pyridine rings is 2. The number of halogens is 1. The third kappa shape index (κ3) is 4.73. The van der Waals surface area contributed by atoms with E-state index in [9.17, 15) is 29.4 Å². The molecule has 12 nitrogen and oxygen atoms in total. The minimum absolute atomic E-state index is 0.0108. The number of nitrogens with zero attached hydrogens (tertiary/aromatic N) is 3. The lowest BCUT2D eigenvalue weighted by Gasteiger charge is -2.32. The van der Waals surface area contributed by atoms with Crippen molar-refractivity contribution in [2.75, 3.05) is 6.54 Å². The third-order valence-corrected chi connectivity index (χ3v) is 9.90. The van der Waals surface area contributed by atoms with Crippen LogP contribution in [0, 0.1) is 12.7 Å². The average Bonchev–Trinajstić information content (AvgIpc) is 3.58. The summed E-state index contributed by atoms with van der Waals surface area (Å²) in [6.45, 7) is 8.27. The molecule has 0 unspecified atom stereocenters.